The molecule has 0 saturated carbocycles. The zero-order chi connectivity index (χ0) is 20.2. The van der Waals surface area contributed by atoms with E-state index in [0.717, 1.165) is 10.2 Å². The van der Waals surface area contributed by atoms with Crippen LogP contribution in [0.2, 0.25) is 0 Å². The van der Waals surface area contributed by atoms with E-state index < -0.39 is 6.04 Å². The van der Waals surface area contributed by atoms with E-state index in [1.807, 2.05) is 29.2 Å². The monoisotopic (exact) mass is 411 g/mol. The van der Waals surface area contributed by atoms with Crippen molar-refractivity contribution in [1.82, 2.24) is 25.2 Å². The van der Waals surface area contributed by atoms with Gasteiger partial charge in [0.1, 0.15) is 6.04 Å². The van der Waals surface area contributed by atoms with E-state index in [1.165, 1.54) is 11.3 Å². The van der Waals surface area contributed by atoms with Crippen LogP contribution in [0.25, 0.3) is 10.2 Å². The van der Waals surface area contributed by atoms with E-state index in [2.05, 4.69) is 25.6 Å². The van der Waals surface area contributed by atoms with Crippen LogP contribution in [0.15, 0.2) is 42.7 Å². The van der Waals surface area contributed by atoms with Crippen molar-refractivity contribution in [2.75, 3.05) is 36.4 Å². The van der Waals surface area contributed by atoms with Crippen LogP contribution in [0.4, 0.5) is 15.9 Å². The SMILES string of the molecule is C[C@H](NC(=O)N1CCN(c2ncccn2)CC1)C(=O)Nc1nc2ccccc2s1. The first kappa shape index (κ1) is 19.1. The molecule has 3 aromatic rings. The number of hydrogen-bond acceptors (Lipinski definition) is 7. The lowest BCUT2D eigenvalue weighted by atomic mass is 10.3. The molecule has 0 radical (unpaired) electrons. The second-order valence-corrected chi connectivity index (χ2v) is 7.70. The normalized spacial score (nSPS) is 15.2. The molecule has 10 heteroatoms. The maximum atomic E-state index is 12.5. The van der Waals surface area contributed by atoms with Crippen LogP contribution in [0.3, 0.4) is 0 Å². The molecule has 0 aliphatic carbocycles. The highest BCUT2D eigenvalue weighted by Gasteiger charge is 2.25. The molecule has 1 aliphatic rings. The van der Waals surface area contributed by atoms with Crippen molar-refractivity contribution in [3.05, 3.63) is 42.7 Å². The second kappa shape index (κ2) is 8.39. The van der Waals surface area contributed by atoms with Crippen molar-refractivity contribution >= 4 is 44.6 Å². The quantitative estimate of drug-likeness (QED) is 0.680. The molecule has 2 aromatic heterocycles. The van der Waals surface area contributed by atoms with Gasteiger partial charge >= 0.3 is 6.03 Å². The van der Waals surface area contributed by atoms with Gasteiger partial charge in [-0.25, -0.2) is 19.7 Å². The van der Waals surface area contributed by atoms with Crippen LogP contribution in [0.5, 0.6) is 0 Å². The van der Waals surface area contributed by atoms with Crippen molar-refractivity contribution in [2.45, 2.75) is 13.0 Å². The number of benzene rings is 1. The van der Waals surface area contributed by atoms with E-state index in [-0.39, 0.29) is 11.9 Å². The highest BCUT2D eigenvalue weighted by molar-refractivity contribution is 7.22. The number of nitrogens with one attached hydrogen (secondary N) is 2. The number of urea groups is 1. The Morgan fingerprint density at radius 3 is 2.52 bits per heavy atom. The lowest BCUT2D eigenvalue weighted by molar-refractivity contribution is -0.117. The summed E-state index contributed by atoms with van der Waals surface area (Å²) < 4.78 is 1.000. The molecule has 4 rings (SSSR count). The molecule has 1 fully saturated rings. The standard InChI is InChI=1S/C19H21N7O2S/c1-13(16(27)24-18-23-14-5-2-3-6-15(14)29-18)22-19(28)26-11-9-25(10-12-26)17-20-7-4-8-21-17/h2-8,13H,9-12H2,1H3,(H,22,28)(H,23,24,27)/t13-/m0/s1. The number of carbonyl (C=O) groups is 2. The second-order valence-electron chi connectivity index (χ2n) is 6.67. The Labute approximate surface area is 171 Å². The highest BCUT2D eigenvalue weighted by atomic mass is 32.1. The smallest absolute Gasteiger partial charge is 0.318 e. The van der Waals surface area contributed by atoms with Crippen LogP contribution in [-0.4, -0.2) is 64.0 Å². The van der Waals surface area contributed by atoms with E-state index in [0.29, 0.717) is 37.3 Å². The van der Waals surface area contributed by atoms with Gasteiger partial charge in [0.2, 0.25) is 11.9 Å². The Morgan fingerprint density at radius 2 is 1.79 bits per heavy atom. The summed E-state index contributed by atoms with van der Waals surface area (Å²) in [6.07, 6.45) is 3.40. The maximum Gasteiger partial charge on any atom is 0.318 e. The number of para-hydroxylation sites is 1. The van der Waals surface area contributed by atoms with Crippen LogP contribution in [-0.2, 0) is 4.79 Å². The third-order valence-corrected chi connectivity index (χ3v) is 5.61. The Kier molecular flexibility index (Phi) is 5.52. The first-order valence-corrected chi connectivity index (χ1v) is 10.2. The van der Waals surface area contributed by atoms with Crippen LogP contribution >= 0.6 is 11.3 Å². The van der Waals surface area contributed by atoms with E-state index in [9.17, 15) is 9.59 Å². The van der Waals surface area contributed by atoms with Crippen LogP contribution in [0, 0.1) is 0 Å². The summed E-state index contributed by atoms with van der Waals surface area (Å²) in [7, 11) is 0. The van der Waals surface area contributed by atoms with Crippen LogP contribution in [0.1, 0.15) is 6.92 Å². The van der Waals surface area contributed by atoms with Gasteiger partial charge in [0, 0.05) is 38.6 Å². The fraction of sp³-hybridized carbons (Fsp3) is 0.316. The minimum absolute atomic E-state index is 0.259. The Hall–Kier alpha value is -3.27. The van der Waals surface area contributed by atoms with Gasteiger partial charge in [-0.3, -0.25) is 4.79 Å². The lowest BCUT2D eigenvalue weighted by Gasteiger charge is -2.35. The van der Waals surface area contributed by atoms with Gasteiger partial charge in [0.15, 0.2) is 5.13 Å². The third kappa shape index (κ3) is 4.43. The summed E-state index contributed by atoms with van der Waals surface area (Å²) in [4.78, 5) is 41.6. The first-order chi connectivity index (χ1) is 14.1. The molecule has 1 aromatic carbocycles. The topological polar surface area (TPSA) is 103 Å². The summed E-state index contributed by atoms with van der Waals surface area (Å²) in [6, 6.07) is 8.52. The molecule has 29 heavy (non-hydrogen) atoms. The predicted molar refractivity (Wildman–Crippen MR) is 112 cm³/mol. The summed E-state index contributed by atoms with van der Waals surface area (Å²) in [5.41, 5.74) is 0.838. The Morgan fingerprint density at radius 1 is 1.07 bits per heavy atom. The van der Waals surface area contributed by atoms with Gasteiger partial charge in [-0.1, -0.05) is 23.5 Å². The molecule has 1 saturated heterocycles. The maximum absolute atomic E-state index is 12.5. The average molecular weight is 411 g/mol. The molecule has 0 bridgehead atoms. The van der Waals surface area contributed by atoms with Crippen molar-refractivity contribution in [3.63, 3.8) is 0 Å². The van der Waals surface area contributed by atoms with Crippen molar-refractivity contribution in [1.29, 1.82) is 0 Å². The number of thiazole rings is 1. The van der Waals surface area contributed by atoms with Crippen LogP contribution < -0.4 is 15.5 Å². The summed E-state index contributed by atoms with van der Waals surface area (Å²) in [5, 5.41) is 6.06. The van der Waals surface area contributed by atoms with Gasteiger partial charge < -0.3 is 20.4 Å². The number of amides is 3. The van der Waals surface area contributed by atoms with Crippen molar-refractivity contribution in [3.8, 4) is 0 Å². The van der Waals surface area contributed by atoms with Gasteiger partial charge in [0.05, 0.1) is 10.2 Å². The summed E-state index contributed by atoms with van der Waals surface area (Å²) in [6.45, 7) is 4.02. The number of rotatable bonds is 4. The number of piperazine rings is 1. The lowest BCUT2D eigenvalue weighted by Crippen LogP contribution is -2.55. The van der Waals surface area contributed by atoms with E-state index in [1.54, 1.807) is 30.3 Å². The molecule has 1 atom stereocenters. The zero-order valence-corrected chi connectivity index (χ0v) is 16.7. The third-order valence-electron chi connectivity index (χ3n) is 4.66. The van der Waals surface area contributed by atoms with E-state index >= 15 is 0 Å². The molecular formula is C19H21N7O2S. The number of anilines is 2. The van der Waals surface area contributed by atoms with Gasteiger partial charge in [0.25, 0.3) is 0 Å². The molecule has 1 aliphatic heterocycles. The van der Waals surface area contributed by atoms with Crippen molar-refractivity contribution < 1.29 is 9.59 Å². The molecule has 150 valence electrons. The molecule has 3 amide bonds. The average Bonchev–Trinajstić information content (AvgIpc) is 3.16. The van der Waals surface area contributed by atoms with Crippen molar-refractivity contribution in [2.24, 2.45) is 0 Å². The molecule has 0 spiro atoms. The number of hydrogen-bond donors (Lipinski definition) is 2. The number of carbonyl (C=O) groups excluding carboxylic acids is 2. The minimum atomic E-state index is -0.676. The molecule has 0 unspecified atom stereocenters. The van der Waals surface area contributed by atoms with E-state index in [4.69, 9.17) is 0 Å². The summed E-state index contributed by atoms with van der Waals surface area (Å²) >= 11 is 1.40. The molecule has 3 heterocycles. The number of fused-ring (bicyclic) bond motifs is 1. The molecular weight excluding hydrogens is 390 g/mol. The largest absolute Gasteiger partial charge is 0.337 e. The minimum Gasteiger partial charge on any atom is -0.337 e. The number of aromatic nitrogens is 3. The fourth-order valence-electron chi connectivity index (χ4n) is 3.05. The van der Waals surface area contributed by atoms with Gasteiger partial charge in [-0.15, -0.1) is 0 Å². The Bertz CT molecular complexity index is 969. The molecule has 2 N–H and O–H groups in total. The predicted octanol–water partition coefficient (Wildman–Crippen LogP) is 1.95. The number of nitrogens with zero attached hydrogens (tertiary/aromatic N) is 5. The summed E-state index contributed by atoms with van der Waals surface area (Å²) in [5.74, 6) is 0.366. The molecule has 9 nitrogen and oxygen atoms in total. The first-order valence-electron chi connectivity index (χ1n) is 9.34. The van der Waals surface area contributed by atoms with Gasteiger partial charge in [-0.2, -0.15) is 0 Å². The highest BCUT2D eigenvalue weighted by Crippen LogP contribution is 2.25. The Balaban J connectivity index is 1.28. The zero-order valence-electron chi connectivity index (χ0n) is 15.9. The fourth-order valence-corrected chi connectivity index (χ4v) is 3.91. The van der Waals surface area contributed by atoms with Gasteiger partial charge in [-0.05, 0) is 25.1 Å².